The number of hydrogen-bond donors (Lipinski definition) is 1. The number of aromatic nitrogens is 1. The van der Waals surface area contributed by atoms with Gasteiger partial charge < -0.3 is 10.1 Å². The van der Waals surface area contributed by atoms with Gasteiger partial charge in [0.15, 0.2) is 6.61 Å². The van der Waals surface area contributed by atoms with Crippen LogP contribution in [0, 0.1) is 0 Å². The molecule has 30 heavy (non-hydrogen) atoms. The summed E-state index contributed by atoms with van der Waals surface area (Å²) in [6.45, 7) is 2.44. The molecule has 1 aromatic heterocycles. The highest BCUT2D eigenvalue weighted by atomic mass is 32.1. The lowest BCUT2D eigenvalue weighted by atomic mass is 9.94. The Hall–Kier alpha value is -3.25. The van der Waals surface area contributed by atoms with E-state index < -0.39 is 0 Å². The van der Waals surface area contributed by atoms with Gasteiger partial charge in [-0.15, -0.1) is 11.3 Å². The van der Waals surface area contributed by atoms with Gasteiger partial charge in [0.2, 0.25) is 5.78 Å². The Morgan fingerprint density at radius 1 is 1.13 bits per heavy atom. The summed E-state index contributed by atoms with van der Waals surface area (Å²) in [5.74, 6) is 0.537. The van der Waals surface area contributed by atoms with Crippen LogP contribution in [0.15, 0.2) is 60.2 Å². The van der Waals surface area contributed by atoms with Gasteiger partial charge in [-0.25, -0.2) is 4.98 Å². The summed E-state index contributed by atoms with van der Waals surface area (Å²) >= 11 is 1.47. The highest BCUT2D eigenvalue weighted by Gasteiger charge is 2.26. The van der Waals surface area contributed by atoms with Crippen LogP contribution in [0.2, 0.25) is 0 Å². The van der Waals surface area contributed by atoms with Crippen molar-refractivity contribution in [3.63, 3.8) is 0 Å². The lowest BCUT2D eigenvalue weighted by Gasteiger charge is -2.12. The molecule has 1 amide bonds. The van der Waals surface area contributed by atoms with E-state index in [0.717, 1.165) is 38.7 Å². The molecule has 1 aliphatic rings. The number of carbonyl (C=O) groups excluding carboxylic acids is 2. The van der Waals surface area contributed by atoms with E-state index in [1.807, 2.05) is 67.6 Å². The van der Waals surface area contributed by atoms with Crippen LogP contribution in [0.4, 0.5) is 0 Å². The van der Waals surface area contributed by atoms with Crippen molar-refractivity contribution in [1.29, 1.82) is 0 Å². The number of ether oxygens (including phenoxy) is 1. The predicted octanol–water partition coefficient (Wildman–Crippen LogP) is 4.54. The van der Waals surface area contributed by atoms with Gasteiger partial charge in [-0.05, 0) is 43.5 Å². The Labute approximate surface area is 179 Å². The van der Waals surface area contributed by atoms with Crippen molar-refractivity contribution in [2.75, 3.05) is 13.2 Å². The number of rotatable bonds is 6. The molecule has 0 radical (unpaired) electrons. The molecule has 152 valence electrons. The minimum Gasteiger partial charge on any atom is -0.484 e. The first-order chi connectivity index (χ1) is 14.6. The standard InChI is InChI=1S/C24H22N2O3S/c1-2-25-21(27)15-29-19-11-8-16(9-12-19)14-18-10-13-20-23(22(18)28)30-24(26-20)17-6-4-3-5-7-17/h3-9,11-12,14H,2,10,13,15H2,1H3,(H,25,27)/b18-14-. The monoisotopic (exact) mass is 418 g/mol. The van der Waals surface area contributed by atoms with E-state index in [0.29, 0.717) is 18.7 Å². The third-order valence-corrected chi connectivity index (χ3v) is 5.96. The number of ketones is 1. The molecule has 4 rings (SSSR count). The van der Waals surface area contributed by atoms with Crippen molar-refractivity contribution in [3.8, 4) is 16.3 Å². The lowest BCUT2D eigenvalue weighted by Crippen LogP contribution is -2.28. The van der Waals surface area contributed by atoms with Crippen molar-refractivity contribution in [2.24, 2.45) is 0 Å². The number of allylic oxidation sites excluding steroid dienone is 1. The topological polar surface area (TPSA) is 68.3 Å². The average molecular weight is 419 g/mol. The molecule has 5 nitrogen and oxygen atoms in total. The van der Waals surface area contributed by atoms with Crippen LogP contribution >= 0.6 is 11.3 Å². The van der Waals surface area contributed by atoms with Gasteiger partial charge in [0.1, 0.15) is 10.8 Å². The highest BCUT2D eigenvalue weighted by Crippen LogP contribution is 2.35. The van der Waals surface area contributed by atoms with Gasteiger partial charge in [0.25, 0.3) is 5.91 Å². The van der Waals surface area contributed by atoms with Crippen LogP contribution in [0.1, 0.15) is 34.3 Å². The summed E-state index contributed by atoms with van der Waals surface area (Å²) in [6, 6.07) is 17.4. The van der Waals surface area contributed by atoms with Gasteiger partial charge in [-0.2, -0.15) is 0 Å². The zero-order valence-corrected chi connectivity index (χ0v) is 17.5. The zero-order valence-electron chi connectivity index (χ0n) is 16.7. The van der Waals surface area contributed by atoms with E-state index >= 15 is 0 Å². The summed E-state index contributed by atoms with van der Waals surface area (Å²) in [5.41, 5.74) is 3.66. The molecule has 1 aliphatic carbocycles. The second-order valence-electron chi connectivity index (χ2n) is 6.97. The van der Waals surface area contributed by atoms with Crippen molar-refractivity contribution >= 4 is 29.1 Å². The van der Waals surface area contributed by atoms with Crippen LogP contribution < -0.4 is 10.1 Å². The maximum atomic E-state index is 13.0. The van der Waals surface area contributed by atoms with E-state index in [1.54, 1.807) is 0 Å². The van der Waals surface area contributed by atoms with E-state index in [4.69, 9.17) is 9.72 Å². The second kappa shape index (κ2) is 9.05. The molecule has 0 saturated heterocycles. The maximum absolute atomic E-state index is 13.0. The summed E-state index contributed by atoms with van der Waals surface area (Å²) in [4.78, 5) is 29.9. The maximum Gasteiger partial charge on any atom is 0.257 e. The summed E-state index contributed by atoms with van der Waals surface area (Å²) in [5, 5.41) is 3.58. The molecule has 1 N–H and O–H groups in total. The van der Waals surface area contributed by atoms with Crippen LogP contribution in [-0.2, 0) is 11.2 Å². The number of carbonyl (C=O) groups is 2. The van der Waals surface area contributed by atoms with Crippen LogP contribution in [0.25, 0.3) is 16.6 Å². The Morgan fingerprint density at radius 2 is 1.90 bits per heavy atom. The Kier molecular flexibility index (Phi) is 6.05. The number of benzene rings is 2. The van der Waals surface area contributed by atoms with Crippen molar-refractivity contribution < 1.29 is 14.3 Å². The summed E-state index contributed by atoms with van der Waals surface area (Å²) in [7, 11) is 0. The number of aryl methyl sites for hydroxylation is 1. The molecule has 0 bridgehead atoms. The summed E-state index contributed by atoms with van der Waals surface area (Å²) in [6.07, 6.45) is 3.38. The fourth-order valence-electron chi connectivity index (χ4n) is 3.31. The molecule has 0 spiro atoms. The first kappa shape index (κ1) is 20.0. The molecule has 0 unspecified atom stereocenters. The fourth-order valence-corrected chi connectivity index (χ4v) is 4.40. The van der Waals surface area contributed by atoms with Crippen LogP contribution in [0.5, 0.6) is 5.75 Å². The number of thiazole rings is 1. The Morgan fingerprint density at radius 3 is 2.63 bits per heavy atom. The average Bonchev–Trinajstić information content (AvgIpc) is 3.21. The van der Waals surface area contributed by atoms with E-state index in [1.165, 1.54) is 11.3 Å². The highest BCUT2D eigenvalue weighted by molar-refractivity contribution is 7.17. The number of nitrogens with zero attached hydrogens (tertiary/aromatic N) is 1. The predicted molar refractivity (Wildman–Crippen MR) is 119 cm³/mol. The smallest absolute Gasteiger partial charge is 0.257 e. The van der Waals surface area contributed by atoms with E-state index in [9.17, 15) is 9.59 Å². The van der Waals surface area contributed by atoms with Gasteiger partial charge in [-0.3, -0.25) is 9.59 Å². The largest absolute Gasteiger partial charge is 0.484 e. The molecule has 3 aromatic rings. The number of likely N-dealkylation sites (N-methyl/N-ethyl adjacent to an activating group) is 1. The second-order valence-corrected chi connectivity index (χ2v) is 7.97. The number of amides is 1. The Bertz CT molecular complexity index is 1090. The molecule has 0 fully saturated rings. The van der Waals surface area contributed by atoms with Gasteiger partial charge in [-0.1, -0.05) is 42.5 Å². The van der Waals surface area contributed by atoms with Crippen LogP contribution in [0.3, 0.4) is 0 Å². The molecule has 2 aromatic carbocycles. The first-order valence-electron chi connectivity index (χ1n) is 9.94. The van der Waals surface area contributed by atoms with Crippen molar-refractivity contribution in [3.05, 3.63) is 76.3 Å². The molecule has 0 saturated carbocycles. The van der Waals surface area contributed by atoms with Gasteiger partial charge in [0.05, 0.1) is 10.6 Å². The van der Waals surface area contributed by atoms with Crippen molar-refractivity contribution in [2.45, 2.75) is 19.8 Å². The fraction of sp³-hybridized carbons (Fsp3) is 0.208. The number of Topliss-reactive ketones (excluding diaryl/α,β-unsaturated/α-hetero) is 1. The quantitative estimate of drug-likeness (QED) is 0.597. The number of nitrogens with one attached hydrogen (secondary N) is 1. The van der Waals surface area contributed by atoms with Gasteiger partial charge in [0, 0.05) is 17.7 Å². The molecule has 0 aliphatic heterocycles. The SMILES string of the molecule is CCNC(=O)COc1ccc(/C=C2/CCc3nc(-c4ccccc4)sc3C2=O)cc1. The zero-order chi connectivity index (χ0) is 20.9. The minimum absolute atomic E-state index is 0.00926. The number of fused-ring (bicyclic) bond motifs is 1. The minimum atomic E-state index is -0.147. The normalized spacial score (nSPS) is 14.4. The molecular weight excluding hydrogens is 396 g/mol. The molecular formula is C24H22N2O3S. The molecule has 0 atom stereocenters. The molecule has 1 heterocycles. The van der Waals surface area contributed by atoms with Gasteiger partial charge >= 0.3 is 0 Å². The Balaban J connectivity index is 1.47. The molecule has 6 heteroatoms. The van der Waals surface area contributed by atoms with Crippen molar-refractivity contribution in [1.82, 2.24) is 10.3 Å². The lowest BCUT2D eigenvalue weighted by molar-refractivity contribution is -0.122. The van der Waals surface area contributed by atoms with E-state index in [-0.39, 0.29) is 18.3 Å². The third-order valence-electron chi connectivity index (χ3n) is 4.81. The summed E-state index contributed by atoms with van der Waals surface area (Å²) < 4.78 is 5.47. The van der Waals surface area contributed by atoms with E-state index in [2.05, 4.69) is 5.32 Å². The number of hydrogen-bond acceptors (Lipinski definition) is 5. The van der Waals surface area contributed by atoms with Crippen LogP contribution in [-0.4, -0.2) is 29.8 Å². The first-order valence-corrected chi connectivity index (χ1v) is 10.8. The third kappa shape index (κ3) is 4.49.